The lowest BCUT2D eigenvalue weighted by molar-refractivity contribution is 0.0949. The normalized spacial score (nSPS) is 10.7. The number of nitrogens with one attached hydrogen (secondary N) is 1. The number of pyridine rings is 1. The Balaban J connectivity index is 1.67. The highest BCUT2D eigenvalue weighted by Crippen LogP contribution is 2.28. The molecule has 2 aromatic heterocycles. The molecule has 0 saturated heterocycles. The van der Waals surface area contributed by atoms with Crippen molar-refractivity contribution >= 4 is 11.6 Å². The number of fused-ring (bicyclic) bond motifs is 1. The molecule has 0 atom stereocenters. The second kappa shape index (κ2) is 8.33. The van der Waals surface area contributed by atoms with Gasteiger partial charge in [-0.05, 0) is 36.8 Å². The fraction of sp³-hybridized carbons (Fsp3) is 0.316. The van der Waals surface area contributed by atoms with Gasteiger partial charge in [-0.15, -0.1) is 10.2 Å². The van der Waals surface area contributed by atoms with Crippen molar-refractivity contribution in [1.29, 1.82) is 0 Å². The van der Waals surface area contributed by atoms with E-state index in [0.29, 0.717) is 29.5 Å². The van der Waals surface area contributed by atoms with E-state index in [-0.39, 0.29) is 12.5 Å². The number of ether oxygens (including phenoxy) is 2. The van der Waals surface area contributed by atoms with E-state index in [1.54, 1.807) is 25.3 Å². The number of unbranched alkanes of at least 4 members (excludes halogenated alkanes) is 1. The van der Waals surface area contributed by atoms with Gasteiger partial charge < -0.3 is 14.8 Å². The van der Waals surface area contributed by atoms with Crippen molar-refractivity contribution in [2.75, 3.05) is 13.7 Å². The van der Waals surface area contributed by atoms with Gasteiger partial charge in [0.05, 0.1) is 20.3 Å². The molecule has 1 aromatic carbocycles. The minimum absolute atomic E-state index is 0.212. The second-order valence-corrected chi connectivity index (χ2v) is 5.80. The fourth-order valence-corrected chi connectivity index (χ4v) is 2.53. The SMILES string of the molecule is CCCCOc1ccc(C(=O)NCc2nnc3ccccn23)cc1OC. The van der Waals surface area contributed by atoms with Crippen molar-refractivity contribution < 1.29 is 14.3 Å². The van der Waals surface area contributed by atoms with Crippen molar-refractivity contribution in [3.8, 4) is 11.5 Å². The van der Waals surface area contributed by atoms with Crippen molar-refractivity contribution in [3.63, 3.8) is 0 Å². The van der Waals surface area contributed by atoms with Gasteiger partial charge in [0, 0.05) is 11.8 Å². The number of hydrogen-bond acceptors (Lipinski definition) is 5. The van der Waals surface area contributed by atoms with Crippen molar-refractivity contribution in [1.82, 2.24) is 19.9 Å². The molecule has 26 heavy (non-hydrogen) atoms. The standard InChI is InChI=1S/C19H22N4O3/c1-3-4-11-26-15-9-8-14(12-16(15)25-2)19(24)20-13-18-22-21-17-7-5-6-10-23(17)18/h5-10,12H,3-4,11,13H2,1-2H3,(H,20,24). The first-order valence-electron chi connectivity index (χ1n) is 8.60. The molecule has 0 spiro atoms. The highest BCUT2D eigenvalue weighted by Gasteiger charge is 2.12. The molecule has 0 aliphatic carbocycles. The van der Waals surface area contributed by atoms with Crippen LogP contribution < -0.4 is 14.8 Å². The van der Waals surface area contributed by atoms with Crippen LogP contribution in [0.4, 0.5) is 0 Å². The maximum absolute atomic E-state index is 12.5. The Kier molecular flexibility index (Phi) is 5.68. The molecular formula is C19H22N4O3. The predicted octanol–water partition coefficient (Wildman–Crippen LogP) is 2.85. The number of carbonyl (C=O) groups excluding carboxylic acids is 1. The average Bonchev–Trinajstić information content (AvgIpc) is 3.09. The summed E-state index contributed by atoms with van der Waals surface area (Å²) in [6, 6.07) is 10.8. The monoisotopic (exact) mass is 354 g/mol. The zero-order chi connectivity index (χ0) is 18.4. The number of hydrogen-bond donors (Lipinski definition) is 1. The maximum atomic E-state index is 12.5. The highest BCUT2D eigenvalue weighted by molar-refractivity contribution is 5.94. The zero-order valence-electron chi connectivity index (χ0n) is 14.9. The lowest BCUT2D eigenvalue weighted by Gasteiger charge is -2.12. The molecule has 7 heteroatoms. The third kappa shape index (κ3) is 3.93. The molecule has 3 rings (SSSR count). The van der Waals surface area contributed by atoms with Crippen LogP contribution >= 0.6 is 0 Å². The van der Waals surface area contributed by atoms with Gasteiger partial charge in [0.1, 0.15) is 0 Å². The van der Waals surface area contributed by atoms with E-state index in [4.69, 9.17) is 9.47 Å². The molecule has 0 radical (unpaired) electrons. The number of carbonyl (C=O) groups is 1. The molecule has 0 fully saturated rings. The molecule has 0 bridgehead atoms. The van der Waals surface area contributed by atoms with E-state index in [1.165, 1.54) is 0 Å². The van der Waals surface area contributed by atoms with Gasteiger partial charge in [0.25, 0.3) is 5.91 Å². The summed E-state index contributed by atoms with van der Waals surface area (Å²) in [5.41, 5.74) is 1.24. The topological polar surface area (TPSA) is 77.8 Å². The average molecular weight is 354 g/mol. The summed E-state index contributed by atoms with van der Waals surface area (Å²) in [5, 5.41) is 11.0. The van der Waals surface area contributed by atoms with E-state index < -0.39 is 0 Å². The first-order valence-corrected chi connectivity index (χ1v) is 8.60. The molecule has 0 unspecified atom stereocenters. The van der Waals surface area contributed by atoms with Gasteiger partial charge in [-0.3, -0.25) is 9.20 Å². The number of nitrogens with zero attached hydrogens (tertiary/aromatic N) is 3. The zero-order valence-corrected chi connectivity index (χ0v) is 14.9. The Hall–Kier alpha value is -3.09. The molecular weight excluding hydrogens is 332 g/mol. The van der Waals surface area contributed by atoms with Crippen molar-refractivity contribution in [2.24, 2.45) is 0 Å². The van der Waals surface area contributed by atoms with Gasteiger partial charge >= 0.3 is 0 Å². The van der Waals surface area contributed by atoms with E-state index in [0.717, 1.165) is 18.5 Å². The smallest absolute Gasteiger partial charge is 0.251 e. The third-order valence-corrected chi connectivity index (χ3v) is 3.97. The molecule has 2 heterocycles. The lowest BCUT2D eigenvalue weighted by atomic mass is 10.2. The highest BCUT2D eigenvalue weighted by atomic mass is 16.5. The number of amides is 1. The minimum atomic E-state index is -0.212. The van der Waals surface area contributed by atoms with Crippen LogP contribution in [0.1, 0.15) is 35.9 Å². The summed E-state index contributed by atoms with van der Waals surface area (Å²) in [6.07, 6.45) is 3.89. The van der Waals surface area contributed by atoms with E-state index in [2.05, 4.69) is 22.4 Å². The third-order valence-electron chi connectivity index (χ3n) is 3.97. The minimum Gasteiger partial charge on any atom is -0.493 e. The second-order valence-electron chi connectivity index (χ2n) is 5.80. The number of methoxy groups -OCH3 is 1. The molecule has 3 aromatic rings. The molecule has 1 N–H and O–H groups in total. The number of rotatable bonds is 8. The van der Waals surface area contributed by atoms with Crippen molar-refractivity contribution in [3.05, 3.63) is 54.0 Å². The van der Waals surface area contributed by atoms with Crippen LogP contribution in [0.5, 0.6) is 11.5 Å². The van der Waals surface area contributed by atoms with Crippen LogP contribution in [-0.4, -0.2) is 34.2 Å². The Morgan fingerprint density at radius 3 is 2.88 bits per heavy atom. The summed E-state index contributed by atoms with van der Waals surface area (Å²) >= 11 is 0. The molecule has 1 amide bonds. The summed E-state index contributed by atoms with van der Waals surface area (Å²) in [7, 11) is 1.56. The first-order chi connectivity index (χ1) is 12.7. The predicted molar refractivity (Wildman–Crippen MR) is 97.6 cm³/mol. The van der Waals surface area contributed by atoms with Crippen molar-refractivity contribution in [2.45, 2.75) is 26.3 Å². The van der Waals surface area contributed by atoms with Crippen LogP contribution in [0, 0.1) is 0 Å². The van der Waals surface area contributed by atoms with E-state index >= 15 is 0 Å². The number of benzene rings is 1. The first kappa shape index (κ1) is 17.7. The summed E-state index contributed by atoms with van der Waals surface area (Å²) in [5.74, 6) is 1.64. The molecule has 0 aliphatic heterocycles. The maximum Gasteiger partial charge on any atom is 0.251 e. The van der Waals surface area contributed by atoms with Gasteiger partial charge in [-0.25, -0.2) is 0 Å². The Bertz CT molecular complexity index is 891. The van der Waals surface area contributed by atoms with Crippen LogP contribution in [0.3, 0.4) is 0 Å². The number of aromatic nitrogens is 3. The van der Waals surface area contributed by atoms with Gasteiger partial charge in [-0.1, -0.05) is 19.4 Å². The molecule has 0 aliphatic rings. The molecule has 136 valence electrons. The summed E-state index contributed by atoms with van der Waals surface area (Å²) < 4.78 is 12.9. The molecule has 0 saturated carbocycles. The van der Waals surface area contributed by atoms with E-state index in [9.17, 15) is 4.79 Å². The van der Waals surface area contributed by atoms with Gasteiger partial charge in [0.15, 0.2) is 23.0 Å². The Labute approximate surface area is 152 Å². The quantitative estimate of drug-likeness (QED) is 0.630. The van der Waals surface area contributed by atoms with Gasteiger partial charge in [0.2, 0.25) is 0 Å². The van der Waals surface area contributed by atoms with Crippen LogP contribution in [0.15, 0.2) is 42.6 Å². The summed E-state index contributed by atoms with van der Waals surface area (Å²) in [4.78, 5) is 12.5. The van der Waals surface area contributed by atoms with Crippen LogP contribution in [-0.2, 0) is 6.54 Å². The van der Waals surface area contributed by atoms with Gasteiger partial charge in [-0.2, -0.15) is 0 Å². The Morgan fingerprint density at radius 1 is 1.19 bits per heavy atom. The van der Waals surface area contributed by atoms with E-state index in [1.807, 2.05) is 28.8 Å². The Morgan fingerprint density at radius 2 is 2.08 bits per heavy atom. The largest absolute Gasteiger partial charge is 0.493 e. The van der Waals surface area contributed by atoms with Crippen LogP contribution in [0.2, 0.25) is 0 Å². The summed E-state index contributed by atoms with van der Waals surface area (Å²) in [6.45, 7) is 3.01. The molecule has 7 nitrogen and oxygen atoms in total. The lowest BCUT2D eigenvalue weighted by Crippen LogP contribution is -2.24. The fourth-order valence-electron chi connectivity index (χ4n) is 2.53. The van der Waals surface area contributed by atoms with Crippen LogP contribution in [0.25, 0.3) is 5.65 Å².